The number of aryl methyl sites for hydroxylation is 2. The molecule has 0 N–H and O–H groups in total. The third-order valence-corrected chi connectivity index (χ3v) is 12.6. The van der Waals surface area contributed by atoms with E-state index in [1.54, 1.807) is 7.11 Å². The lowest BCUT2D eigenvalue weighted by molar-refractivity contribution is 0.122. The van der Waals surface area contributed by atoms with E-state index in [-0.39, 0.29) is 27.1 Å². The molecule has 0 atom stereocenters. The maximum absolute atomic E-state index is 5.36. The van der Waals surface area contributed by atoms with Gasteiger partial charge in [0.1, 0.15) is 0 Å². The zero-order valence-corrected chi connectivity index (χ0v) is 47.2. The SMILES string of the molecule is CC(C)(C)c1ccc(N2CCOCC2)cc1.CCCn1cc(C(C)(C)C)cn1.CN1CCN(c2ccc(C(C)(C)C)cc2)CC1.COCCn1cc(C(C)(C)C)cn1.Cc1ccc(C(C)(C)C)cc1. The molecule has 384 valence electrons. The summed E-state index contributed by atoms with van der Waals surface area (Å²) in [5.74, 6) is 0. The molecule has 9 heteroatoms. The Hall–Kier alpha value is -4.44. The number of likely N-dealkylation sites (N-methyl/N-ethyl adjacent to an activating group) is 1. The molecule has 2 aliphatic rings. The second-order valence-corrected chi connectivity index (χ2v) is 24.1. The summed E-state index contributed by atoms with van der Waals surface area (Å²) >= 11 is 0. The first-order valence-electron chi connectivity index (χ1n) is 25.7. The molecule has 4 heterocycles. The monoisotopic (exact) mass is 948 g/mol. The van der Waals surface area contributed by atoms with Gasteiger partial charge in [0.25, 0.3) is 0 Å². The van der Waals surface area contributed by atoms with Crippen LogP contribution in [0, 0.1) is 6.92 Å². The smallest absolute Gasteiger partial charge is 0.0658 e. The first-order chi connectivity index (χ1) is 32.1. The van der Waals surface area contributed by atoms with Crippen LogP contribution in [0.3, 0.4) is 0 Å². The molecule has 0 aliphatic carbocycles. The van der Waals surface area contributed by atoms with Crippen molar-refractivity contribution in [1.82, 2.24) is 24.5 Å². The molecular formula is C60H97N7O2. The molecule has 9 nitrogen and oxygen atoms in total. The second-order valence-electron chi connectivity index (χ2n) is 24.1. The van der Waals surface area contributed by atoms with Crippen molar-refractivity contribution in [2.45, 2.75) is 164 Å². The Balaban J connectivity index is 0.000000231. The number of morpholine rings is 1. The van der Waals surface area contributed by atoms with Gasteiger partial charge in [-0.15, -0.1) is 0 Å². The molecule has 7 rings (SSSR count). The van der Waals surface area contributed by atoms with Crippen LogP contribution in [-0.2, 0) is 49.6 Å². The van der Waals surface area contributed by atoms with Gasteiger partial charge in [-0.3, -0.25) is 9.36 Å². The van der Waals surface area contributed by atoms with E-state index in [1.165, 1.54) is 57.8 Å². The molecule has 0 unspecified atom stereocenters. The summed E-state index contributed by atoms with van der Waals surface area (Å²) in [5, 5.41) is 8.55. The highest BCUT2D eigenvalue weighted by Gasteiger charge is 2.19. The van der Waals surface area contributed by atoms with Gasteiger partial charge in [-0.1, -0.05) is 165 Å². The Bertz CT molecular complexity index is 2140. The standard InChI is InChI=1S/C15H24N2.C14H21NO.C11H16.C10H18N2O.C10H18N2/c1-15(2,3)13-5-7-14(8-6-13)17-11-9-16(4)10-12-17;1-14(2,3)12-4-6-13(7-5-12)15-8-10-16-11-9-15;1-9-5-7-10(8-6-9)11(2,3)4;1-10(2,3)9-7-11-12(8-9)5-6-13-4;1-5-6-12-8-9(7-11-12)10(2,3)4/h5-8H,9-12H2,1-4H3;4-7H,8-11H2,1-3H3;5-8H,1-4H3;7-8H,5-6H2,1-4H3;7-8H,5-6H2,1-4H3. The lowest BCUT2D eigenvalue weighted by Gasteiger charge is -2.34. The highest BCUT2D eigenvalue weighted by Crippen LogP contribution is 2.27. The van der Waals surface area contributed by atoms with Crippen molar-refractivity contribution in [3.05, 3.63) is 131 Å². The average Bonchev–Trinajstić information content (AvgIpc) is 3.98. The first kappa shape index (κ1) is 58.9. The van der Waals surface area contributed by atoms with E-state index >= 15 is 0 Å². The molecule has 0 bridgehead atoms. The largest absolute Gasteiger partial charge is 0.383 e. The zero-order chi connectivity index (χ0) is 51.6. The van der Waals surface area contributed by atoms with E-state index in [1.807, 2.05) is 21.8 Å². The molecule has 0 spiro atoms. The fourth-order valence-electron chi connectivity index (χ4n) is 7.44. The van der Waals surface area contributed by atoms with E-state index < -0.39 is 0 Å². The van der Waals surface area contributed by atoms with Crippen LogP contribution in [0.15, 0.2) is 97.6 Å². The van der Waals surface area contributed by atoms with Crippen LogP contribution in [0.4, 0.5) is 11.4 Å². The number of aromatic nitrogens is 4. The minimum Gasteiger partial charge on any atom is -0.383 e. The average molecular weight is 948 g/mol. The summed E-state index contributed by atoms with van der Waals surface area (Å²) in [4.78, 5) is 7.25. The number of benzene rings is 3. The minimum atomic E-state index is 0.186. The summed E-state index contributed by atoms with van der Waals surface area (Å²) in [6.07, 6.45) is 9.26. The number of nitrogens with zero attached hydrogens (tertiary/aromatic N) is 7. The molecule has 2 saturated heterocycles. The van der Waals surface area contributed by atoms with Crippen molar-refractivity contribution in [1.29, 1.82) is 0 Å². The van der Waals surface area contributed by atoms with E-state index in [9.17, 15) is 0 Å². The van der Waals surface area contributed by atoms with E-state index in [4.69, 9.17) is 9.47 Å². The number of hydrogen-bond acceptors (Lipinski definition) is 7. The van der Waals surface area contributed by atoms with Crippen molar-refractivity contribution < 1.29 is 9.47 Å². The maximum atomic E-state index is 5.36. The van der Waals surface area contributed by atoms with Gasteiger partial charge in [-0.2, -0.15) is 10.2 Å². The first-order valence-corrected chi connectivity index (χ1v) is 25.7. The normalized spacial score (nSPS) is 14.8. The second kappa shape index (κ2) is 26.7. The fraction of sp³-hybridized carbons (Fsp3) is 0.600. The third-order valence-electron chi connectivity index (χ3n) is 12.6. The quantitative estimate of drug-likeness (QED) is 0.161. The molecule has 5 aromatic rings. The molecule has 2 aromatic heterocycles. The van der Waals surface area contributed by atoms with Gasteiger partial charge in [0, 0.05) is 76.7 Å². The highest BCUT2D eigenvalue weighted by molar-refractivity contribution is 5.50. The van der Waals surface area contributed by atoms with Crippen LogP contribution in [0.25, 0.3) is 0 Å². The van der Waals surface area contributed by atoms with Gasteiger partial charge in [-0.25, -0.2) is 0 Å². The Morgan fingerprint density at radius 2 is 0.826 bits per heavy atom. The molecule has 0 saturated carbocycles. The molecule has 2 aliphatic heterocycles. The molecule has 0 amide bonds. The molecule has 69 heavy (non-hydrogen) atoms. The Morgan fingerprint density at radius 1 is 0.478 bits per heavy atom. The van der Waals surface area contributed by atoms with Crippen molar-refractivity contribution in [2.24, 2.45) is 0 Å². The van der Waals surface area contributed by atoms with E-state index in [0.29, 0.717) is 6.61 Å². The predicted molar refractivity (Wildman–Crippen MR) is 297 cm³/mol. The van der Waals surface area contributed by atoms with Crippen LogP contribution in [0.2, 0.25) is 0 Å². The number of piperazine rings is 1. The van der Waals surface area contributed by atoms with Crippen LogP contribution in [-0.4, -0.2) is 97.7 Å². The Labute approximate surface area is 422 Å². The molecule has 2 fully saturated rings. The molecule has 0 radical (unpaired) electrons. The number of anilines is 2. The van der Waals surface area contributed by atoms with Gasteiger partial charge >= 0.3 is 0 Å². The van der Waals surface area contributed by atoms with Gasteiger partial charge in [0.15, 0.2) is 0 Å². The summed E-state index contributed by atoms with van der Waals surface area (Å²) in [6.45, 7) is 48.6. The van der Waals surface area contributed by atoms with Gasteiger partial charge in [-0.05, 0) is 99.5 Å². The predicted octanol–water partition coefficient (Wildman–Crippen LogP) is 13.3. The van der Waals surface area contributed by atoms with E-state index in [0.717, 1.165) is 58.9 Å². The highest BCUT2D eigenvalue weighted by atomic mass is 16.5. The van der Waals surface area contributed by atoms with Crippen molar-refractivity contribution in [3.63, 3.8) is 0 Å². The van der Waals surface area contributed by atoms with Crippen molar-refractivity contribution >= 4 is 11.4 Å². The zero-order valence-electron chi connectivity index (χ0n) is 47.2. The third kappa shape index (κ3) is 21.2. The van der Waals surface area contributed by atoms with Crippen LogP contribution in [0.5, 0.6) is 0 Å². The van der Waals surface area contributed by atoms with Crippen molar-refractivity contribution in [2.75, 3.05) is 83.0 Å². The van der Waals surface area contributed by atoms with Crippen LogP contribution < -0.4 is 9.80 Å². The minimum absolute atomic E-state index is 0.186. The maximum Gasteiger partial charge on any atom is 0.0658 e. The Kier molecular flexibility index (Phi) is 22.8. The van der Waals surface area contributed by atoms with Crippen LogP contribution >= 0.6 is 0 Å². The summed E-state index contributed by atoms with van der Waals surface area (Å²) in [5.41, 5.74) is 12.0. The lowest BCUT2D eigenvalue weighted by atomic mass is 9.87. The van der Waals surface area contributed by atoms with E-state index in [2.05, 4.69) is 235 Å². The number of methoxy groups -OCH3 is 1. The van der Waals surface area contributed by atoms with Crippen molar-refractivity contribution in [3.8, 4) is 0 Å². The summed E-state index contributed by atoms with van der Waals surface area (Å²) in [7, 11) is 3.90. The van der Waals surface area contributed by atoms with Gasteiger partial charge < -0.3 is 24.2 Å². The molecule has 3 aromatic carbocycles. The van der Waals surface area contributed by atoms with Crippen LogP contribution in [0.1, 0.15) is 151 Å². The summed E-state index contributed by atoms with van der Waals surface area (Å²) < 4.78 is 14.3. The van der Waals surface area contributed by atoms with Gasteiger partial charge in [0.05, 0.1) is 38.8 Å². The number of rotatable bonds is 7. The molecular weight excluding hydrogens is 851 g/mol. The topological polar surface area (TPSA) is 63.8 Å². The lowest BCUT2D eigenvalue weighted by Crippen LogP contribution is -2.44. The van der Waals surface area contributed by atoms with Gasteiger partial charge in [0.2, 0.25) is 0 Å². The summed E-state index contributed by atoms with van der Waals surface area (Å²) in [6, 6.07) is 26.8. The number of hydrogen-bond donors (Lipinski definition) is 0. The number of ether oxygens (including phenoxy) is 2. The fourth-order valence-corrected chi connectivity index (χ4v) is 7.44. The Morgan fingerprint density at radius 3 is 1.16 bits per heavy atom.